The van der Waals surface area contributed by atoms with Crippen molar-refractivity contribution in [2.45, 2.75) is 38.0 Å². The van der Waals surface area contributed by atoms with Crippen LogP contribution in [0.2, 0.25) is 0 Å². The maximum absolute atomic E-state index is 11.9. The van der Waals surface area contributed by atoms with Crippen LogP contribution in [0.3, 0.4) is 0 Å². The highest BCUT2D eigenvalue weighted by molar-refractivity contribution is 5.85. The van der Waals surface area contributed by atoms with Crippen LogP contribution < -0.4 is 11.1 Å². The number of hydrogen-bond acceptors (Lipinski definition) is 7. The van der Waals surface area contributed by atoms with Gasteiger partial charge in [0.15, 0.2) is 5.82 Å². The van der Waals surface area contributed by atoms with Crippen LogP contribution in [-0.4, -0.2) is 47.0 Å². The molecule has 1 aliphatic rings. The average molecular weight is 321 g/mol. The minimum atomic E-state index is -0.602. The van der Waals surface area contributed by atoms with E-state index in [4.69, 9.17) is 15.0 Å². The first-order chi connectivity index (χ1) is 9.60. The summed E-state index contributed by atoms with van der Waals surface area (Å²) < 4.78 is 9.93. The monoisotopic (exact) mass is 320 g/mol. The number of ether oxygens (including phenoxy) is 1. The second-order valence-corrected chi connectivity index (χ2v) is 4.96. The summed E-state index contributed by atoms with van der Waals surface area (Å²) in [7, 11) is 1.60. The van der Waals surface area contributed by atoms with Crippen molar-refractivity contribution in [2.24, 2.45) is 11.7 Å². The minimum Gasteiger partial charge on any atom is -0.391 e. The number of amides is 1. The largest absolute Gasteiger partial charge is 0.391 e. The molecule has 0 bridgehead atoms. The van der Waals surface area contributed by atoms with Gasteiger partial charge < -0.3 is 25.4 Å². The molecule has 0 aliphatic heterocycles. The van der Waals surface area contributed by atoms with E-state index in [0.717, 1.165) is 0 Å². The molecule has 120 valence electrons. The number of halogens is 1. The van der Waals surface area contributed by atoms with E-state index in [1.54, 1.807) is 7.11 Å². The predicted molar refractivity (Wildman–Crippen MR) is 75.7 cm³/mol. The third-order valence-corrected chi connectivity index (χ3v) is 3.40. The van der Waals surface area contributed by atoms with Crippen molar-refractivity contribution < 1.29 is 19.2 Å². The molecule has 1 amide bonds. The van der Waals surface area contributed by atoms with Crippen LogP contribution in [0.5, 0.6) is 0 Å². The Labute approximate surface area is 128 Å². The highest BCUT2D eigenvalue weighted by Gasteiger charge is 2.34. The van der Waals surface area contributed by atoms with E-state index in [1.165, 1.54) is 0 Å². The molecule has 1 aliphatic carbocycles. The van der Waals surface area contributed by atoms with E-state index in [1.807, 2.05) is 0 Å². The van der Waals surface area contributed by atoms with E-state index in [-0.39, 0.29) is 36.8 Å². The van der Waals surface area contributed by atoms with Crippen molar-refractivity contribution in [3.8, 4) is 0 Å². The summed E-state index contributed by atoms with van der Waals surface area (Å²) in [6.45, 7) is 0.698. The summed E-state index contributed by atoms with van der Waals surface area (Å²) in [5.41, 5.74) is 5.68. The van der Waals surface area contributed by atoms with Crippen LogP contribution >= 0.6 is 12.4 Å². The molecule has 1 fully saturated rings. The lowest BCUT2D eigenvalue weighted by molar-refractivity contribution is -0.125. The molecule has 1 saturated carbocycles. The number of rotatable bonds is 6. The number of aliphatic hydroxyl groups is 1. The van der Waals surface area contributed by atoms with Crippen LogP contribution in [-0.2, 0) is 22.5 Å². The lowest BCUT2D eigenvalue weighted by Gasteiger charge is -2.08. The van der Waals surface area contributed by atoms with Crippen LogP contribution in [0.4, 0.5) is 0 Å². The molecule has 8 nitrogen and oxygen atoms in total. The Hall–Kier alpha value is -1.22. The van der Waals surface area contributed by atoms with Gasteiger partial charge in [-0.25, -0.2) is 0 Å². The van der Waals surface area contributed by atoms with E-state index in [2.05, 4.69) is 15.5 Å². The van der Waals surface area contributed by atoms with Crippen molar-refractivity contribution >= 4 is 18.3 Å². The highest BCUT2D eigenvalue weighted by Crippen LogP contribution is 2.24. The van der Waals surface area contributed by atoms with Crippen LogP contribution in [0, 0.1) is 5.92 Å². The predicted octanol–water partition coefficient (Wildman–Crippen LogP) is -0.605. The summed E-state index contributed by atoms with van der Waals surface area (Å²) in [6, 6.07) is -0.324. The normalized spacial score (nSPS) is 24.6. The molecule has 4 N–H and O–H groups in total. The zero-order chi connectivity index (χ0) is 14.5. The Kier molecular flexibility index (Phi) is 7.03. The molecule has 0 unspecified atom stereocenters. The fourth-order valence-electron chi connectivity index (χ4n) is 2.23. The molecule has 0 saturated heterocycles. The summed E-state index contributed by atoms with van der Waals surface area (Å²) in [5.74, 6) is 0.506. The van der Waals surface area contributed by atoms with Crippen molar-refractivity contribution in [1.82, 2.24) is 15.5 Å². The minimum absolute atomic E-state index is 0. The first-order valence-electron chi connectivity index (χ1n) is 6.62. The van der Waals surface area contributed by atoms with Crippen LogP contribution in [0.15, 0.2) is 4.52 Å². The van der Waals surface area contributed by atoms with Gasteiger partial charge in [-0.15, -0.1) is 12.4 Å². The number of nitrogens with two attached hydrogens (primary N) is 1. The second-order valence-electron chi connectivity index (χ2n) is 4.96. The van der Waals surface area contributed by atoms with Gasteiger partial charge >= 0.3 is 0 Å². The molecule has 3 atom stereocenters. The summed E-state index contributed by atoms with van der Waals surface area (Å²) in [4.78, 5) is 16.0. The Morgan fingerprint density at radius 1 is 1.57 bits per heavy atom. The molecule has 9 heteroatoms. The fraction of sp³-hybridized carbons (Fsp3) is 0.750. The number of carbonyl (C=O) groups excluding carboxylic acids is 1. The van der Waals surface area contributed by atoms with E-state index < -0.39 is 6.10 Å². The molecule has 1 aromatic heterocycles. The molecule has 0 spiro atoms. The number of nitrogens with one attached hydrogen (secondary N) is 1. The van der Waals surface area contributed by atoms with Crippen molar-refractivity contribution in [3.63, 3.8) is 0 Å². The van der Waals surface area contributed by atoms with E-state index >= 15 is 0 Å². The summed E-state index contributed by atoms with van der Waals surface area (Å²) in [6.07, 6.45) is 0.860. The standard InChI is InChI=1S/C12H20N4O4.ClH/c1-19-3-2-10-15-11(20-16-10)6-14-12(18)7-4-8(13)9(17)5-7;/h7-9,17H,2-6,13H2,1H3,(H,14,18);1H/t7-,8-,9-;/m0./s1. The highest BCUT2D eigenvalue weighted by atomic mass is 35.5. The van der Waals surface area contributed by atoms with Crippen molar-refractivity contribution in [3.05, 3.63) is 11.7 Å². The first kappa shape index (κ1) is 17.8. The zero-order valence-corrected chi connectivity index (χ0v) is 12.6. The number of carbonyl (C=O) groups is 1. The molecule has 1 heterocycles. The lowest BCUT2D eigenvalue weighted by atomic mass is 10.1. The number of hydrogen-bond donors (Lipinski definition) is 3. The number of methoxy groups -OCH3 is 1. The van der Waals surface area contributed by atoms with Gasteiger partial charge in [0, 0.05) is 25.5 Å². The van der Waals surface area contributed by atoms with Gasteiger partial charge in [-0.2, -0.15) is 4.98 Å². The summed E-state index contributed by atoms with van der Waals surface area (Å²) >= 11 is 0. The van der Waals surface area contributed by atoms with Crippen LogP contribution in [0.25, 0.3) is 0 Å². The lowest BCUT2D eigenvalue weighted by Crippen LogP contribution is -2.30. The van der Waals surface area contributed by atoms with Gasteiger partial charge in [-0.1, -0.05) is 5.16 Å². The maximum atomic E-state index is 11.9. The number of aliphatic hydroxyl groups excluding tert-OH is 1. The van der Waals surface area contributed by atoms with Gasteiger partial charge in [-0.05, 0) is 12.8 Å². The molecule has 1 aromatic rings. The Morgan fingerprint density at radius 2 is 2.33 bits per heavy atom. The molecule has 21 heavy (non-hydrogen) atoms. The Morgan fingerprint density at radius 3 is 2.95 bits per heavy atom. The molecular formula is C12H21ClN4O4. The van der Waals surface area contributed by atoms with Crippen molar-refractivity contribution in [1.29, 1.82) is 0 Å². The zero-order valence-electron chi connectivity index (χ0n) is 11.8. The van der Waals surface area contributed by atoms with Gasteiger partial charge in [0.05, 0.1) is 19.3 Å². The molecule has 0 aromatic carbocycles. The smallest absolute Gasteiger partial charge is 0.246 e. The third kappa shape index (κ3) is 4.92. The van der Waals surface area contributed by atoms with E-state index in [9.17, 15) is 9.90 Å². The Bertz CT molecular complexity index is 446. The van der Waals surface area contributed by atoms with E-state index in [0.29, 0.717) is 37.6 Å². The molecule has 2 rings (SSSR count). The van der Waals surface area contributed by atoms with Gasteiger partial charge in [0.1, 0.15) is 0 Å². The SMILES string of the molecule is COCCc1noc(CNC(=O)[C@H]2C[C@H](N)[C@@H](O)C2)n1.Cl. The second kappa shape index (κ2) is 8.28. The quantitative estimate of drug-likeness (QED) is 0.639. The molecule has 0 radical (unpaired) electrons. The van der Waals surface area contributed by atoms with Gasteiger partial charge in [0.25, 0.3) is 0 Å². The first-order valence-corrected chi connectivity index (χ1v) is 6.62. The average Bonchev–Trinajstić information content (AvgIpc) is 3.01. The summed E-state index contributed by atoms with van der Waals surface area (Å²) in [5, 5.41) is 16.0. The topological polar surface area (TPSA) is 124 Å². The fourth-order valence-corrected chi connectivity index (χ4v) is 2.23. The third-order valence-electron chi connectivity index (χ3n) is 3.40. The van der Waals surface area contributed by atoms with Gasteiger partial charge in [-0.3, -0.25) is 4.79 Å². The number of aromatic nitrogens is 2. The van der Waals surface area contributed by atoms with Crippen molar-refractivity contribution in [2.75, 3.05) is 13.7 Å². The van der Waals surface area contributed by atoms with Crippen LogP contribution in [0.1, 0.15) is 24.6 Å². The Balaban J connectivity index is 0.00000220. The molecular weight excluding hydrogens is 300 g/mol. The van der Waals surface area contributed by atoms with Gasteiger partial charge in [0.2, 0.25) is 11.8 Å². The maximum Gasteiger partial charge on any atom is 0.246 e. The number of nitrogens with zero attached hydrogens (tertiary/aromatic N) is 2.